The van der Waals surface area contributed by atoms with Gasteiger partial charge in [0.1, 0.15) is 5.82 Å². The van der Waals surface area contributed by atoms with Gasteiger partial charge in [-0.25, -0.2) is 9.78 Å². The van der Waals surface area contributed by atoms with Gasteiger partial charge in [0.15, 0.2) is 11.5 Å². The number of hydrogen-bond donors (Lipinski definition) is 4. The molecule has 208 valence electrons. The van der Waals surface area contributed by atoms with Crippen LogP contribution in [0.15, 0.2) is 79.0 Å². The summed E-state index contributed by atoms with van der Waals surface area (Å²) in [7, 11) is 0. The van der Waals surface area contributed by atoms with E-state index in [1.54, 1.807) is 42.6 Å². The van der Waals surface area contributed by atoms with Crippen molar-refractivity contribution in [3.05, 3.63) is 101 Å². The smallest absolute Gasteiger partial charge is 0.395 e. The SMILES string of the molecule is O=C(Nc1ccc2c(c1)CCC2)Nc1cc(CNc2ccccc2C(=O)Nc2ccc3c(c2)OC(F)(F)O3)ccn1. The fraction of sp³-hybridized carbons (Fsp3) is 0.167. The number of urea groups is 1. The number of alkyl halides is 2. The zero-order chi connectivity index (χ0) is 28.4. The van der Waals surface area contributed by atoms with Gasteiger partial charge in [0.25, 0.3) is 5.91 Å². The second-order valence-electron chi connectivity index (χ2n) is 9.65. The number of nitrogens with one attached hydrogen (secondary N) is 4. The Balaban J connectivity index is 1.07. The van der Waals surface area contributed by atoms with Gasteiger partial charge in [-0.05, 0) is 84.5 Å². The van der Waals surface area contributed by atoms with Gasteiger partial charge in [-0.1, -0.05) is 18.2 Å². The van der Waals surface area contributed by atoms with E-state index in [0.29, 0.717) is 23.6 Å². The summed E-state index contributed by atoms with van der Waals surface area (Å²) in [4.78, 5) is 29.8. The van der Waals surface area contributed by atoms with E-state index in [1.165, 1.54) is 29.3 Å². The van der Waals surface area contributed by atoms with Crippen molar-refractivity contribution >= 4 is 34.8 Å². The number of amides is 3. The van der Waals surface area contributed by atoms with Gasteiger partial charge in [-0.2, -0.15) is 0 Å². The largest absolute Gasteiger partial charge is 0.586 e. The van der Waals surface area contributed by atoms with Gasteiger partial charge in [-0.15, -0.1) is 8.78 Å². The molecule has 41 heavy (non-hydrogen) atoms. The minimum atomic E-state index is -3.74. The van der Waals surface area contributed by atoms with Crippen molar-refractivity contribution in [2.75, 3.05) is 21.3 Å². The molecule has 1 aliphatic heterocycles. The number of benzene rings is 3. The third-order valence-corrected chi connectivity index (χ3v) is 6.74. The summed E-state index contributed by atoms with van der Waals surface area (Å²) >= 11 is 0. The number of rotatable bonds is 7. The lowest BCUT2D eigenvalue weighted by atomic mass is 10.1. The van der Waals surface area contributed by atoms with Crippen molar-refractivity contribution in [3.63, 3.8) is 0 Å². The third kappa shape index (κ3) is 6.03. The van der Waals surface area contributed by atoms with Crippen molar-refractivity contribution in [2.24, 2.45) is 0 Å². The van der Waals surface area contributed by atoms with Crippen LogP contribution in [0, 0.1) is 0 Å². The van der Waals surface area contributed by atoms with Crippen LogP contribution in [0.4, 0.5) is 36.5 Å². The van der Waals surface area contributed by atoms with Crippen LogP contribution in [-0.2, 0) is 19.4 Å². The highest BCUT2D eigenvalue weighted by Crippen LogP contribution is 2.42. The number of anilines is 4. The fourth-order valence-electron chi connectivity index (χ4n) is 4.84. The average Bonchev–Trinajstić information content (AvgIpc) is 3.54. The Morgan fingerprint density at radius 3 is 2.51 bits per heavy atom. The highest BCUT2D eigenvalue weighted by Gasteiger charge is 2.43. The second kappa shape index (κ2) is 10.8. The fourth-order valence-corrected chi connectivity index (χ4v) is 4.84. The molecule has 4 N–H and O–H groups in total. The zero-order valence-electron chi connectivity index (χ0n) is 21.7. The summed E-state index contributed by atoms with van der Waals surface area (Å²) in [6, 6.07) is 20.0. The van der Waals surface area contributed by atoms with Gasteiger partial charge < -0.3 is 25.4 Å². The molecular formula is C30H25F2N5O4. The summed E-state index contributed by atoms with van der Waals surface area (Å²) in [5, 5.41) is 11.5. The molecule has 2 aliphatic rings. The van der Waals surface area contributed by atoms with Crippen LogP contribution in [0.3, 0.4) is 0 Å². The number of nitrogens with zero attached hydrogens (tertiary/aromatic N) is 1. The zero-order valence-corrected chi connectivity index (χ0v) is 21.7. The molecular weight excluding hydrogens is 532 g/mol. The molecule has 0 atom stereocenters. The van der Waals surface area contributed by atoms with Crippen molar-refractivity contribution < 1.29 is 27.8 Å². The predicted molar refractivity (Wildman–Crippen MR) is 150 cm³/mol. The van der Waals surface area contributed by atoms with Crippen LogP contribution < -0.4 is 30.7 Å². The first kappa shape index (κ1) is 26.1. The van der Waals surface area contributed by atoms with Crippen LogP contribution in [0.5, 0.6) is 11.5 Å². The topological polar surface area (TPSA) is 114 Å². The van der Waals surface area contributed by atoms with Crippen molar-refractivity contribution in [3.8, 4) is 11.5 Å². The molecule has 0 saturated carbocycles. The molecule has 0 fully saturated rings. The molecule has 11 heteroatoms. The van der Waals surface area contributed by atoms with Crippen LogP contribution in [-0.4, -0.2) is 23.2 Å². The molecule has 0 saturated heterocycles. The number of aromatic nitrogens is 1. The Morgan fingerprint density at radius 2 is 1.61 bits per heavy atom. The maximum absolute atomic E-state index is 13.3. The first-order valence-corrected chi connectivity index (χ1v) is 13.0. The first-order chi connectivity index (χ1) is 19.8. The summed E-state index contributed by atoms with van der Waals surface area (Å²) < 4.78 is 35.5. The molecule has 4 aromatic rings. The van der Waals surface area contributed by atoms with E-state index in [1.807, 2.05) is 12.1 Å². The standard InChI is InChI=1S/C30H25F2N5O4/c31-30(32)40-25-11-10-22(16-26(25)41-30)35-28(38)23-6-1-2-7-24(23)34-17-18-12-13-33-27(14-18)37-29(39)36-21-9-8-19-4-3-5-20(19)15-21/h1-2,6-16,34H,3-5,17H2,(H,35,38)(H2,33,36,37,39). The van der Waals surface area contributed by atoms with Gasteiger partial charge in [0.2, 0.25) is 0 Å². The summed E-state index contributed by atoms with van der Waals surface area (Å²) in [6.07, 6.45) is 1.08. The van der Waals surface area contributed by atoms with Crippen LogP contribution >= 0.6 is 0 Å². The van der Waals surface area contributed by atoms with E-state index in [2.05, 4.69) is 41.8 Å². The average molecular weight is 558 g/mol. The maximum Gasteiger partial charge on any atom is 0.586 e. The van der Waals surface area contributed by atoms with E-state index in [-0.39, 0.29) is 17.2 Å². The Kier molecular flexibility index (Phi) is 6.84. The Labute approximate surface area is 233 Å². The summed E-state index contributed by atoms with van der Waals surface area (Å²) in [5.74, 6) is -0.342. The number of aryl methyl sites for hydroxylation is 2. The molecule has 3 aromatic carbocycles. The molecule has 0 bridgehead atoms. The van der Waals surface area contributed by atoms with E-state index >= 15 is 0 Å². The van der Waals surface area contributed by atoms with Crippen LogP contribution in [0.25, 0.3) is 0 Å². The molecule has 9 nitrogen and oxygen atoms in total. The van der Waals surface area contributed by atoms with Gasteiger partial charge >= 0.3 is 12.3 Å². The molecule has 0 spiro atoms. The minimum absolute atomic E-state index is 0.109. The van der Waals surface area contributed by atoms with E-state index in [0.717, 1.165) is 30.5 Å². The molecule has 0 unspecified atom stereocenters. The molecule has 1 aromatic heterocycles. The van der Waals surface area contributed by atoms with Gasteiger partial charge in [0, 0.05) is 35.9 Å². The monoisotopic (exact) mass is 557 g/mol. The van der Waals surface area contributed by atoms with Crippen molar-refractivity contribution in [2.45, 2.75) is 32.1 Å². The molecule has 1 aliphatic carbocycles. The van der Waals surface area contributed by atoms with Gasteiger partial charge in [-0.3, -0.25) is 10.1 Å². The van der Waals surface area contributed by atoms with E-state index in [9.17, 15) is 18.4 Å². The number of ether oxygens (including phenoxy) is 2. The molecule has 2 heterocycles. The number of halogens is 2. The second-order valence-corrected chi connectivity index (χ2v) is 9.65. The number of carbonyl (C=O) groups excluding carboxylic acids is 2. The van der Waals surface area contributed by atoms with E-state index in [4.69, 9.17) is 0 Å². The van der Waals surface area contributed by atoms with E-state index < -0.39 is 18.2 Å². The molecule has 0 radical (unpaired) electrons. The molecule has 3 amide bonds. The number of pyridine rings is 1. The normalized spacial score (nSPS) is 14.2. The minimum Gasteiger partial charge on any atom is -0.395 e. The lowest BCUT2D eigenvalue weighted by Gasteiger charge is -2.13. The van der Waals surface area contributed by atoms with Crippen molar-refractivity contribution in [1.29, 1.82) is 0 Å². The first-order valence-electron chi connectivity index (χ1n) is 13.0. The number of fused-ring (bicyclic) bond motifs is 2. The van der Waals surface area contributed by atoms with Gasteiger partial charge in [0.05, 0.1) is 5.56 Å². The summed E-state index contributed by atoms with van der Waals surface area (Å²) in [5.41, 5.74) is 5.32. The Hall–Kier alpha value is -5.19. The highest BCUT2D eigenvalue weighted by molar-refractivity contribution is 6.08. The number of para-hydroxylation sites is 1. The van der Waals surface area contributed by atoms with Crippen molar-refractivity contribution in [1.82, 2.24) is 4.98 Å². The third-order valence-electron chi connectivity index (χ3n) is 6.74. The Morgan fingerprint density at radius 1 is 0.829 bits per heavy atom. The highest BCUT2D eigenvalue weighted by atomic mass is 19.3. The lowest BCUT2D eigenvalue weighted by Crippen LogP contribution is -2.25. The molecule has 6 rings (SSSR count). The number of hydrogen-bond acceptors (Lipinski definition) is 6. The quantitative estimate of drug-likeness (QED) is 0.209. The Bertz CT molecular complexity index is 1650. The van der Waals surface area contributed by atoms with Crippen LogP contribution in [0.2, 0.25) is 0 Å². The summed E-state index contributed by atoms with van der Waals surface area (Å²) in [6.45, 7) is 0.340. The lowest BCUT2D eigenvalue weighted by molar-refractivity contribution is -0.286. The predicted octanol–water partition coefficient (Wildman–Crippen LogP) is 6.40. The van der Waals surface area contributed by atoms with Crippen LogP contribution in [0.1, 0.15) is 33.5 Å². The number of carbonyl (C=O) groups is 2. The maximum atomic E-state index is 13.3.